The minimum Gasteiger partial charge on any atom is -0.494 e. The third-order valence-electron chi connectivity index (χ3n) is 8.01. The van der Waals surface area contributed by atoms with Crippen LogP contribution in [0.5, 0.6) is 5.75 Å². The van der Waals surface area contributed by atoms with Crippen molar-refractivity contribution in [2.24, 2.45) is 5.11 Å². The molecule has 226 valence electrons. The zero-order valence-electron chi connectivity index (χ0n) is 24.9. The molecule has 1 fully saturated rings. The molecule has 3 N–H and O–H groups in total. The third-order valence-corrected chi connectivity index (χ3v) is 8.01. The van der Waals surface area contributed by atoms with Crippen LogP contribution in [0.4, 0.5) is 5.69 Å². The molecule has 1 aliphatic rings. The van der Waals surface area contributed by atoms with Crippen molar-refractivity contribution in [3.63, 3.8) is 0 Å². The van der Waals surface area contributed by atoms with Gasteiger partial charge in [0, 0.05) is 84.0 Å². The summed E-state index contributed by atoms with van der Waals surface area (Å²) in [6.45, 7) is 5.57. The van der Waals surface area contributed by atoms with Crippen LogP contribution in [0.15, 0.2) is 71.8 Å². The molecule has 11 nitrogen and oxygen atoms in total. The second-order valence-corrected chi connectivity index (χ2v) is 11.2. The van der Waals surface area contributed by atoms with Crippen LogP contribution >= 0.6 is 0 Å². The molecule has 0 saturated carbocycles. The van der Waals surface area contributed by atoms with Crippen molar-refractivity contribution >= 4 is 33.5 Å². The van der Waals surface area contributed by atoms with E-state index in [-0.39, 0.29) is 5.91 Å². The van der Waals surface area contributed by atoms with Gasteiger partial charge in [0.1, 0.15) is 11.6 Å². The number of carbonyl (C=O) groups is 1. The summed E-state index contributed by atoms with van der Waals surface area (Å²) in [4.78, 5) is 31.4. The van der Waals surface area contributed by atoms with E-state index in [0.29, 0.717) is 39.0 Å². The summed E-state index contributed by atoms with van der Waals surface area (Å²) in [5, 5.41) is 7.48. The Morgan fingerprint density at radius 1 is 1.00 bits per heavy atom. The van der Waals surface area contributed by atoms with Gasteiger partial charge in [-0.3, -0.25) is 4.79 Å². The molecule has 1 aliphatic heterocycles. The van der Waals surface area contributed by atoms with Gasteiger partial charge in [-0.15, -0.1) is 0 Å². The van der Waals surface area contributed by atoms with Gasteiger partial charge in [-0.2, -0.15) is 0 Å². The summed E-state index contributed by atoms with van der Waals surface area (Å²) in [6.07, 6.45) is 1.61. The number of likely N-dealkylation sites (N-methyl/N-ethyl adjacent to an activating group) is 1. The van der Waals surface area contributed by atoms with Crippen LogP contribution in [0.2, 0.25) is 0 Å². The van der Waals surface area contributed by atoms with Crippen LogP contribution in [0.3, 0.4) is 0 Å². The Morgan fingerprint density at radius 3 is 2.75 bits per heavy atom. The molecular weight excluding hydrogens is 554 g/mol. The number of rotatable bonds is 12. The lowest BCUT2D eigenvalue weighted by Crippen LogP contribution is -2.44. The molecule has 0 aliphatic carbocycles. The van der Waals surface area contributed by atoms with E-state index < -0.39 is 0 Å². The Labute approximate surface area is 255 Å². The van der Waals surface area contributed by atoms with Gasteiger partial charge in [-0.25, -0.2) is 4.98 Å². The normalized spacial score (nSPS) is 13.7. The molecule has 0 spiro atoms. The zero-order chi connectivity index (χ0) is 30.3. The number of aromatic nitrogens is 3. The molecule has 0 atom stereocenters. The summed E-state index contributed by atoms with van der Waals surface area (Å²) in [7, 11) is 2.18. The molecule has 0 bridgehead atoms. The third kappa shape index (κ3) is 6.96. The number of hydrogen-bond acceptors (Lipinski definition) is 6. The second kappa shape index (κ2) is 13.5. The minimum absolute atomic E-state index is 0.0345. The number of H-pyrrole nitrogens is 2. The number of imidazole rings is 1. The number of benzene rings is 3. The summed E-state index contributed by atoms with van der Waals surface area (Å²) in [6, 6.07) is 23.0. The number of azide groups is 1. The number of piperazine rings is 1. The van der Waals surface area contributed by atoms with Gasteiger partial charge in [-0.1, -0.05) is 29.4 Å². The maximum atomic E-state index is 12.0. The van der Waals surface area contributed by atoms with E-state index >= 15 is 0 Å². The first-order valence-corrected chi connectivity index (χ1v) is 15.1. The van der Waals surface area contributed by atoms with Gasteiger partial charge in [0.2, 0.25) is 5.91 Å². The van der Waals surface area contributed by atoms with Crippen molar-refractivity contribution in [2.45, 2.75) is 19.3 Å². The molecule has 0 unspecified atom stereocenters. The molecule has 11 heteroatoms. The van der Waals surface area contributed by atoms with Crippen LogP contribution in [-0.4, -0.2) is 78.7 Å². The number of nitrogens with one attached hydrogen (secondary N) is 3. The predicted octanol–water partition coefficient (Wildman–Crippen LogP) is 6.11. The lowest BCUT2D eigenvalue weighted by atomic mass is 10.1. The number of anilines is 1. The van der Waals surface area contributed by atoms with Gasteiger partial charge in [0.15, 0.2) is 0 Å². The van der Waals surface area contributed by atoms with Gasteiger partial charge in [-0.05, 0) is 67.9 Å². The molecular formula is C33H37N9O2. The molecule has 3 aromatic carbocycles. The van der Waals surface area contributed by atoms with Gasteiger partial charge in [0.05, 0.1) is 17.6 Å². The van der Waals surface area contributed by atoms with Crippen molar-refractivity contribution in [3.8, 4) is 28.4 Å². The number of ether oxygens (including phenoxy) is 1. The van der Waals surface area contributed by atoms with Crippen LogP contribution in [-0.2, 0) is 4.79 Å². The maximum Gasteiger partial charge on any atom is 0.220 e. The van der Waals surface area contributed by atoms with Crippen LogP contribution in [0, 0.1) is 0 Å². The van der Waals surface area contributed by atoms with E-state index in [4.69, 9.17) is 15.3 Å². The molecule has 2 aromatic heterocycles. The highest BCUT2D eigenvalue weighted by atomic mass is 16.5. The standard InChI is InChI=1S/C33H37N9O2/c1-41-14-16-42(17-15-41)26-10-8-23-20-29(37-30(23)22-26)24-9-11-28-31(21-24)39-33(38-28)25-5-2-6-27(19-25)44-18-3-7-32(43)35-12-4-13-36-40-34/h2,5-6,8-11,19-22,37H,3-4,7,12-18H2,1H3,(H,35,43)(H,38,39). The van der Waals surface area contributed by atoms with Crippen molar-refractivity contribution in [1.29, 1.82) is 0 Å². The molecule has 1 amide bonds. The topological polar surface area (TPSA) is 138 Å². The van der Waals surface area contributed by atoms with E-state index in [1.165, 1.54) is 11.1 Å². The van der Waals surface area contributed by atoms with Gasteiger partial charge in [0.25, 0.3) is 0 Å². The van der Waals surface area contributed by atoms with Crippen LogP contribution in [0.1, 0.15) is 19.3 Å². The largest absolute Gasteiger partial charge is 0.494 e. The lowest BCUT2D eigenvalue weighted by molar-refractivity contribution is -0.121. The average Bonchev–Trinajstić information content (AvgIpc) is 3.67. The van der Waals surface area contributed by atoms with Gasteiger partial charge >= 0.3 is 0 Å². The summed E-state index contributed by atoms with van der Waals surface area (Å²) >= 11 is 0. The maximum absolute atomic E-state index is 12.0. The molecule has 0 radical (unpaired) electrons. The molecule has 6 rings (SSSR count). The number of aromatic amines is 2. The first-order valence-electron chi connectivity index (χ1n) is 15.1. The number of hydrogen-bond donors (Lipinski definition) is 3. The van der Waals surface area contributed by atoms with E-state index in [1.807, 2.05) is 30.3 Å². The van der Waals surface area contributed by atoms with Crippen LogP contribution < -0.4 is 15.0 Å². The summed E-state index contributed by atoms with van der Waals surface area (Å²) < 4.78 is 5.92. The fraction of sp³-hybridized carbons (Fsp3) is 0.333. The molecule has 3 heterocycles. The molecule has 1 saturated heterocycles. The van der Waals surface area contributed by atoms with E-state index in [0.717, 1.165) is 71.1 Å². The Hall–Kier alpha value is -4.99. The first-order chi connectivity index (χ1) is 21.6. The number of nitrogens with zero attached hydrogens (tertiary/aromatic N) is 6. The smallest absolute Gasteiger partial charge is 0.220 e. The van der Waals surface area contributed by atoms with E-state index in [2.05, 4.69) is 78.6 Å². The Kier molecular flexibility index (Phi) is 8.95. The zero-order valence-corrected chi connectivity index (χ0v) is 24.9. The van der Waals surface area contributed by atoms with E-state index in [1.54, 1.807) is 0 Å². The van der Waals surface area contributed by atoms with Crippen molar-refractivity contribution < 1.29 is 9.53 Å². The van der Waals surface area contributed by atoms with Crippen molar-refractivity contribution in [1.82, 2.24) is 25.2 Å². The van der Waals surface area contributed by atoms with E-state index in [9.17, 15) is 4.79 Å². The lowest BCUT2D eigenvalue weighted by Gasteiger charge is -2.34. The van der Waals surface area contributed by atoms with Gasteiger partial charge < -0.3 is 29.8 Å². The minimum atomic E-state index is -0.0345. The second-order valence-electron chi connectivity index (χ2n) is 11.2. The quantitative estimate of drug-likeness (QED) is 0.0696. The Balaban J connectivity index is 1.08. The highest BCUT2D eigenvalue weighted by Gasteiger charge is 2.15. The Bertz CT molecular complexity index is 1800. The summed E-state index contributed by atoms with van der Waals surface area (Å²) in [5.41, 5.74) is 15.7. The fourth-order valence-electron chi connectivity index (χ4n) is 5.51. The van der Waals surface area contributed by atoms with Crippen LogP contribution in [0.25, 0.3) is 55.0 Å². The SMILES string of the molecule is CN1CCN(c2ccc3cc(-c4ccc5nc(-c6cccc(OCCCC(=O)NCCCN=[N+]=[N-])c6)[nH]c5c4)[nH]c3c2)CC1. The fourth-order valence-corrected chi connectivity index (χ4v) is 5.51. The number of amides is 1. The number of carbonyl (C=O) groups excluding carboxylic acids is 1. The highest BCUT2D eigenvalue weighted by Crippen LogP contribution is 2.31. The average molecular weight is 592 g/mol. The molecule has 5 aromatic rings. The summed E-state index contributed by atoms with van der Waals surface area (Å²) in [5.74, 6) is 1.47. The van der Waals surface area contributed by atoms with Crippen molar-refractivity contribution in [2.75, 3.05) is 57.8 Å². The predicted molar refractivity (Wildman–Crippen MR) is 175 cm³/mol. The Morgan fingerprint density at radius 2 is 1.89 bits per heavy atom. The first kappa shape index (κ1) is 29.1. The van der Waals surface area contributed by atoms with Crippen molar-refractivity contribution in [3.05, 3.63) is 77.2 Å². The monoisotopic (exact) mass is 591 g/mol. The number of fused-ring (bicyclic) bond motifs is 2. The molecule has 44 heavy (non-hydrogen) atoms. The highest BCUT2D eigenvalue weighted by molar-refractivity contribution is 5.91.